The third-order valence-corrected chi connectivity index (χ3v) is 4.76. The number of ether oxygens (including phenoxy) is 1. The van der Waals surface area contributed by atoms with E-state index in [9.17, 15) is 9.59 Å². The molecule has 0 bridgehead atoms. The number of carbonyl (C=O) groups excluding carboxylic acids is 2. The molecule has 2 N–H and O–H groups in total. The lowest BCUT2D eigenvalue weighted by atomic mass is 10.1. The molecule has 1 atom stereocenters. The maximum Gasteiger partial charge on any atom is 0.293 e. The van der Waals surface area contributed by atoms with Gasteiger partial charge in [0.15, 0.2) is 0 Å². The Morgan fingerprint density at radius 1 is 1.32 bits per heavy atom. The summed E-state index contributed by atoms with van der Waals surface area (Å²) in [4.78, 5) is 29.0. The molecule has 0 spiro atoms. The highest BCUT2D eigenvalue weighted by Crippen LogP contribution is 2.18. The highest BCUT2D eigenvalue weighted by atomic mass is 16.5. The topological polar surface area (TPSA) is 101 Å². The zero-order valence-electron chi connectivity index (χ0n) is 15.6. The van der Waals surface area contributed by atoms with Crippen LogP contribution in [0.3, 0.4) is 0 Å². The van der Waals surface area contributed by atoms with Crippen LogP contribution in [0.25, 0.3) is 0 Å². The summed E-state index contributed by atoms with van der Waals surface area (Å²) in [5.41, 5.74) is 4.55. The van der Waals surface area contributed by atoms with Gasteiger partial charge in [-0.2, -0.15) is 5.10 Å². The number of nitrogens with one attached hydrogen (secondary N) is 2. The third kappa shape index (κ3) is 3.89. The second kappa shape index (κ2) is 7.81. The van der Waals surface area contributed by atoms with E-state index in [1.165, 1.54) is 5.01 Å². The van der Waals surface area contributed by atoms with Gasteiger partial charge < -0.3 is 10.1 Å². The van der Waals surface area contributed by atoms with Crippen LogP contribution in [-0.2, 0) is 20.9 Å². The number of benzene rings is 1. The van der Waals surface area contributed by atoms with E-state index in [0.29, 0.717) is 30.6 Å². The van der Waals surface area contributed by atoms with Crippen molar-refractivity contribution < 1.29 is 14.3 Å². The lowest BCUT2D eigenvalue weighted by molar-refractivity contribution is -0.118. The minimum Gasteiger partial charge on any atom is -0.381 e. The predicted molar refractivity (Wildman–Crippen MR) is 104 cm³/mol. The van der Waals surface area contributed by atoms with Crippen molar-refractivity contribution in [3.05, 3.63) is 42.1 Å². The Labute approximate surface area is 162 Å². The van der Waals surface area contributed by atoms with Crippen molar-refractivity contribution in [2.45, 2.75) is 19.9 Å². The average molecular weight is 382 g/mol. The summed E-state index contributed by atoms with van der Waals surface area (Å²) < 4.78 is 7.15. The number of aryl methyl sites for hydroxylation is 1. The van der Waals surface area contributed by atoms with Gasteiger partial charge in [0.25, 0.3) is 11.8 Å². The molecule has 1 fully saturated rings. The maximum absolute atomic E-state index is 12.7. The Bertz CT molecular complexity index is 899. The van der Waals surface area contributed by atoms with Crippen molar-refractivity contribution in [3.8, 4) is 0 Å². The lowest BCUT2D eigenvalue weighted by Gasteiger charge is -2.27. The molecule has 0 saturated carbocycles. The standard InChI is InChI=1S/C19H22N6O3/c1-13-2-4-15(5-3-13)25-17(26)10-20-18(23-25)19(27)22-16-6-8-21-24(16)11-14-7-9-28-12-14/h2-6,8,14H,7,9-12H2,1H3,(H,20,23)(H,22,27)/t14-/m0/s1. The zero-order valence-corrected chi connectivity index (χ0v) is 15.6. The largest absolute Gasteiger partial charge is 0.381 e. The van der Waals surface area contributed by atoms with Gasteiger partial charge in [-0.1, -0.05) is 17.7 Å². The first-order chi connectivity index (χ1) is 13.6. The van der Waals surface area contributed by atoms with Gasteiger partial charge in [-0.3, -0.25) is 20.0 Å². The first-order valence-corrected chi connectivity index (χ1v) is 9.22. The zero-order chi connectivity index (χ0) is 19.5. The molecule has 1 aromatic carbocycles. The number of anilines is 2. The van der Waals surface area contributed by atoms with Crippen LogP contribution in [0.5, 0.6) is 0 Å². The normalized spacial score (nSPS) is 19.3. The molecule has 9 nitrogen and oxygen atoms in total. The first kappa shape index (κ1) is 18.2. The minimum atomic E-state index is -0.422. The number of carbonyl (C=O) groups is 2. The van der Waals surface area contributed by atoms with E-state index in [2.05, 4.69) is 20.8 Å². The van der Waals surface area contributed by atoms with Gasteiger partial charge in [-0.05, 0) is 25.5 Å². The number of hydrazine groups is 1. The molecule has 3 heterocycles. The molecule has 146 valence electrons. The summed E-state index contributed by atoms with van der Waals surface area (Å²) in [6, 6.07) is 9.18. The van der Waals surface area contributed by atoms with Gasteiger partial charge in [0.2, 0.25) is 5.84 Å². The van der Waals surface area contributed by atoms with E-state index in [1.54, 1.807) is 16.9 Å². The van der Waals surface area contributed by atoms with Gasteiger partial charge in [-0.15, -0.1) is 0 Å². The van der Waals surface area contributed by atoms with Crippen LogP contribution >= 0.6 is 0 Å². The quantitative estimate of drug-likeness (QED) is 0.807. The maximum atomic E-state index is 12.7. The molecule has 0 aliphatic carbocycles. The summed E-state index contributed by atoms with van der Waals surface area (Å²) in [5, 5.41) is 8.44. The second-order valence-corrected chi connectivity index (χ2v) is 6.92. The van der Waals surface area contributed by atoms with E-state index in [4.69, 9.17) is 4.74 Å². The lowest BCUT2D eigenvalue weighted by Crippen LogP contribution is -2.54. The second-order valence-electron chi connectivity index (χ2n) is 6.92. The number of nitrogens with zero attached hydrogens (tertiary/aromatic N) is 4. The van der Waals surface area contributed by atoms with Crippen molar-refractivity contribution in [1.82, 2.24) is 15.2 Å². The predicted octanol–water partition coefficient (Wildman–Crippen LogP) is 1.12. The summed E-state index contributed by atoms with van der Waals surface area (Å²) in [7, 11) is 0. The molecule has 9 heteroatoms. The van der Waals surface area contributed by atoms with Gasteiger partial charge >= 0.3 is 0 Å². The minimum absolute atomic E-state index is 0.0807. The molecular formula is C19H22N6O3. The number of aliphatic imine (C=N–C) groups is 1. The van der Waals surface area contributed by atoms with Crippen molar-refractivity contribution >= 4 is 29.2 Å². The smallest absolute Gasteiger partial charge is 0.293 e. The molecule has 2 amide bonds. The van der Waals surface area contributed by atoms with E-state index < -0.39 is 5.91 Å². The number of amidine groups is 1. The fourth-order valence-electron chi connectivity index (χ4n) is 3.18. The fourth-order valence-corrected chi connectivity index (χ4v) is 3.18. The van der Waals surface area contributed by atoms with Crippen LogP contribution in [0.2, 0.25) is 0 Å². The molecule has 28 heavy (non-hydrogen) atoms. The molecule has 2 aliphatic heterocycles. The van der Waals surface area contributed by atoms with E-state index in [0.717, 1.165) is 18.6 Å². The monoisotopic (exact) mass is 382 g/mol. The third-order valence-electron chi connectivity index (χ3n) is 4.76. The molecule has 2 aliphatic rings. The van der Waals surface area contributed by atoms with Crippen molar-refractivity contribution in [3.63, 3.8) is 0 Å². The SMILES string of the molecule is Cc1ccc(N2NC(C(=O)Nc3ccnn3C[C@@H]3CCOC3)=NCC2=O)cc1. The Kier molecular flexibility index (Phi) is 5.07. The molecule has 0 unspecified atom stereocenters. The van der Waals surface area contributed by atoms with E-state index in [-0.39, 0.29) is 18.3 Å². The number of hydrogen-bond acceptors (Lipinski definition) is 6. The Morgan fingerprint density at radius 3 is 2.89 bits per heavy atom. The van der Waals surface area contributed by atoms with Crippen molar-refractivity contribution in [2.24, 2.45) is 10.9 Å². The van der Waals surface area contributed by atoms with E-state index in [1.807, 2.05) is 31.2 Å². The Hall–Kier alpha value is -3.20. The van der Waals surface area contributed by atoms with Gasteiger partial charge in [0.05, 0.1) is 18.5 Å². The molecule has 4 rings (SSSR count). The highest BCUT2D eigenvalue weighted by molar-refractivity contribution is 6.43. The summed E-state index contributed by atoms with van der Waals surface area (Å²) in [6.07, 6.45) is 2.62. The summed E-state index contributed by atoms with van der Waals surface area (Å²) in [6.45, 7) is 4.02. The number of hydrogen-bond donors (Lipinski definition) is 2. The van der Waals surface area contributed by atoms with E-state index >= 15 is 0 Å². The first-order valence-electron chi connectivity index (χ1n) is 9.22. The van der Waals surface area contributed by atoms with Gasteiger partial charge in [-0.25, -0.2) is 9.69 Å². The number of rotatable bonds is 5. The van der Waals surface area contributed by atoms with Crippen LogP contribution < -0.4 is 15.8 Å². The Morgan fingerprint density at radius 2 is 2.14 bits per heavy atom. The molecular weight excluding hydrogens is 360 g/mol. The fraction of sp³-hybridized carbons (Fsp3) is 0.368. The average Bonchev–Trinajstić information content (AvgIpc) is 3.36. The molecule has 1 saturated heterocycles. The summed E-state index contributed by atoms with van der Waals surface area (Å²) >= 11 is 0. The van der Waals surface area contributed by atoms with Gasteiger partial charge in [0, 0.05) is 25.1 Å². The number of amides is 2. The highest BCUT2D eigenvalue weighted by Gasteiger charge is 2.26. The molecule has 2 aromatic rings. The van der Waals surface area contributed by atoms with Crippen LogP contribution in [0, 0.1) is 12.8 Å². The summed E-state index contributed by atoms with van der Waals surface area (Å²) in [5.74, 6) is 0.397. The molecule has 1 aromatic heterocycles. The van der Waals surface area contributed by atoms with Crippen LogP contribution in [0.15, 0.2) is 41.5 Å². The van der Waals surface area contributed by atoms with Gasteiger partial charge in [0.1, 0.15) is 12.4 Å². The number of aromatic nitrogens is 2. The van der Waals surface area contributed by atoms with Crippen molar-refractivity contribution in [2.75, 3.05) is 30.1 Å². The van der Waals surface area contributed by atoms with Crippen LogP contribution in [0.4, 0.5) is 11.5 Å². The van der Waals surface area contributed by atoms with Crippen molar-refractivity contribution in [1.29, 1.82) is 0 Å². The molecule has 0 radical (unpaired) electrons. The Balaban J connectivity index is 1.44. The van der Waals surface area contributed by atoms with Crippen LogP contribution in [0.1, 0.15) is 12.0 Å². The van der Waals surface area contributed by atoms with Crippen LogP contribution in [-0.4, -0.2) is 47.2 Å².